The molecule has 0 radical (unpaired) electrons. The standard InChI is InChI=1S/C13H23NO7/c1-11(15)19-8-6-14(7-9-20-12(2)16)5-4-13(17)21-10-18-3/h4-10H2,1-3H3. The number of carbonyl (C=O) groups excluding carboxylic acids is 3. The smallest absolute Gasteiger partial charge is 0.309 e. The summed E-state index contributed by atoms with van der Waals surface area (Å²) in [5.41, 5.74) is 0. The first-order valence-electron chi connectivity index (χ1n) is 6.59. The highest BCUT2D eigenvalue weighted by Crippen LogP contribution is 1.96. The average Bonchev–Trinajstić information content (AvgIpc) is 2.41. The van der Waals surface area contributed by atoms with Crippen LogP contribution in [0.4, 0.5) is 0 Å². The predicted molar refractivity (Wildman–Crippen MR) is 72.3 cm³/mol. The van der Waals surface area contributed by atoms with Crippen molar-refractivity contribution in [2.75, 3.05) is 46.8 Å². The van der Waals surface area contributed by atoms with Crippen LogP contribution in [0.5, 0.6) is 0 Å². The van der Waals surface area contributed by atoms with Crippen molar-refractivity contribution >= 4 is 17.9 Å². The maximum atomic E-state index is 11.4. The Morgan fingerprint density at radius 2 is 1.38 bits per heavy atom. The second-order valence-electron chi connectivity index (χ2n) is 4.19. The van der Waals surface area contributed by atoms with E-state index >= 15 is 0 Å². The second-order valence-corrected chi connectivity index (χ2v) is 4.19. The van der Waals surface area contributed by atoms with Crippen molar-refractivity contribution in [3.05, 3.63) is 0 Å². The van der Waals surface area contributed by atoms with Gasteiger partial charge < -0.3 is 18.9 Å². The summed E-state index contributed by atoms with van der Waals surface area (Å²) in [4.78, 5) is 34.6. The molecule has 0 aromatic heterocycles. The van der Waals surface area contributed by atoms with Gasteiger partial charge >= 0.3 is 17.9 Å². The van der Waals surface area contributed by atoms with Crippen LogP contribution < -0.4 is 0 Å². The number of hydrogen-bond acceptors (Lipinski definition) is 8. The SMILES string of the molecule is COCOC(=O)CCN(CCOC(C)=O)CCOC(C)=O. The first-order chi connectivity index (χ1) is 9.95. The van der Waals surface area contributed by atoms with E-state index in [9.17, 15) is 14.4 Å². The summed E-state index contributed by atoms with van der Waals surface area (Å²) in [6.07, 6.45) is 0.170. The Morgan fingerprint density at radius 3 is 1.81 bits per heavy atom. The molecule has 0 aliphatic carbocycles. The third-order valence-electron chi connectivity index (χ3n) is 2.40. The molecule has 0 heterocycles. The number of hydrogen-bond donors (Lipinski definition) is 0. The molecule has 0 saturated carbocycles. The lowest BCUT2D eigenvalue weighted by Crippen LogP contribution is -2.34. The molecule has 0 atom stereocenters. The summed E-state index contributed by atoms with van der Waals surface area (Å²) >= 11 is 0. The summed E-state index contributed by atoms with van der Waals surface area (Å²) in [6, 6.07) is 0. The van der Waals surface area contributed by atoms with Crippen molar-refractivity contribution in [1.82, 2.24) is 4.90 Å². The van der Waals surface area contributed by atoms with Crippen LogP contribution in [0.2, 0.25) is 0 Å². The monoisotopic (exact) mass is 305 g/mol. The maximum Gasteiger partial charge on any atom is 0.309 e. The Hall–Kier alpha value is -1.67. The minimum absolute atomic E-state index is 0.0836. The van der Waals surface area contributed by atoms with Crippen LogP contribution in [0.3, 0.4) is 0 Å². The summed E-state index contributed by atoms with van der Waals surface area (Å²) in [5, 5.41) is 0. The van der Waals surface area contributed by atoms with Gasteiger partial charge in [0.15, 0.2) is 6.79 Å². The predicted octanol–water partition coefficient (Wildman–Crippen LogP) is -0.0482. The molecule has 21 heavy (non-hydrogen) atoms. The quantitative estimate of drug-likeness (QED) is 0.298. The van der Waals surface area contributed by atoms with Crippen molar-refractivity contribution in [3.8, 4) is 0 Å². The minimum atomic E-state index is -0.387. The molecule has 0 saturated heterocycles. The van der Waals surface area contributed by atoms with Crippen molar-refractivity contribution in [3.63, 3.8) is 0 Å². The zero-order chi connectivity index (χ0) is 16.1. The van der Waals surface area contributed by atoms with Crippen LogP contribution in [0.1, 0.15) is 20.3 Å². The van der Waals surface area contributed by atoms with Gasteiger partial charge in [0, 0.05) is 40.6 Å². The zero-order valence-corrected chi connectivity index (χ0v) is 12.8. The molecule has 8 heteroatoms. The van der Waals surface area contributed by atoms with Gasteiger partial charge in [-0.3, -0.25) is 19.3 Å². The summed E-state index contributed by atoms with van der Waals surface area (Å²) in [5.74, 6) is -1.12. The second kappa shape index (κ2) is 12.1. The summed E-state index contributed by atoms with van der Waals surface area (Å²) < 4.78 is 19.1. The van der Waals surface area contributed by atoms with Gasteiger partial charge in [0.1, 0.15) is 13.2 Å². The fraction of sp³-hybridized carbons (Fsp3) is 0.769. The van der Waals surface area contributed by atoms with Gasteiger partial charge in [0.05, 0.1) is 6.42 Å². The lowest BCUT2D eigenvalue weighted by Gasteiger charge is -2.21. The van der Waals surface area contributed by atoms with E-state index in [1.807, 2.05) is 4.90 Å². The average molecular weight is 305 g/mol. The first-order valence-corrected chi connectivity index (χ1v) is 6.59. The van der Waals surface area contributed by atoms with Gasteiger partial charge in [-0.05, 0) is 0 Å². The summed E-state index contributed by atoms with van der Waals surface area (Å²) in [6.45, 7) is 4.28. The molecule has 8 nitrogen and oxygen atoms in total. The highest BCUT2D eigenvalue weighted by atomic mass is 16.7. The highest BCUT2D eigenvalue weighted by molar-refractivity contribution is 5.69. The molecule has 0 aliphatic rings. The Kier molecular flexibility index (Phi) is 11.1. The zero-order valence-electron chi connectivity index (χ0n) is 12.8. The number of carbonyl (C=O) groups is 3. The van der Waals surface area contributed by atoms with Gasteiger partial charge in [-0.25, -0.2) is 0 Å². The van der Waals surface area contributed by atoms with Crippen LogP contribution in [-0.2, 0) is 33.3 Å². The summed E-state index contributed by atoms with van der Waals surface area (Å²) in [7, 11) is 1.43. The van der Waals surface area contributed by atoms with Crippen LogP contribution in [0.15, 0.2) is 0 Å². The third-order valence-corrected chi connectivity index (χ3v) is 2.40. The van der Waals surface area contributed by atoms with Gasteiger partial charge in [-0.1, -0.05) is 0 Å². The van der Waals surface area contributed by atoms with Crippen LogP contribution in [0.25, 0.3) is 0 Å². The van der Waals surface area contributed by atoms with Crippen LogP contribution >= 0.6 is 0 Å². The molecule has 0 aromatic carbocycles. The molecule has 0 aliphatic heterocycles. The third kappa shape index (κ3) is 13.1. The Labute approximate surface area is 124 Å². The molecule has 0 fully saturated rings. The normalized spacial score (nSPS) is 10.3. The number of nitrogens with zero attached hydrogens (tertiary/aromatic N) is 1. The number of rotatable bonds is 11. The van der Waals surface area contributed by atoms with Gasteiger partial charge in [-0.2, -0.15) is 0 Å². The molecule has 0 spiro atoms. The largest absolute Gasteiger partial charge is 0.465 e. The number of ether oxygens (including phenoxy) is 4. The molecular formula is C13H23NO7. The van der Waals surface area contributed by atoms with E-state index in [1.165, 1.54) is 21.0 Å². The van der Waals surface area contributed by atoms with E-state index in [2.05, 4.69) is 4.74 Å². The molecule has 0 amide bonds. The topological polar surface area (TPSA) is 91.4 Å². The van der Waals surface area contributed by atoms with E-state index in [0.717, 1.165) is 0 Å². The van der Waals surface area contributed by atoms with Crippen molar-refractivity contribution in [1.29, 1.82) is 0 Å². The van der Waals surface area contributed by atoms with Gasteiger partial charge in [0.2, 0.25) is 0 Å². The fourth-order valence-electron chi connectivity index (χ4n) is 1.42. The van der Waals surface area contributed by atoms with E-state index < -0.39 is 0 Å². The molecule has 0 unspecified atom stereocenters. The van der Waals surface area contributed by atoms with Crippen LogP contribution in [-0.4, -0.2) is 69.6 Å². The molecule has 0 N–H and O–H groups in total. The van der Waals surface area contributed by atoms with E-state index in [0.29, 0.717) is 19.6 Å². The molecule has 0 aromatic rings. The molecule has 0 rings (SSSR count). The van der Waals surface area contributed by atoms with Crippen molar-refractivity contribution in [2.24, 2.45) is 0 Å². The Bertz CT molecular complexity index is 312. The van der Waals surface area contributed by atoms with Gasteiger partial charge in [0.25, 0.3) is 0 Å². The number of methoxy groups -OCH3 is 1. The first kappa shape index (κ1) is 19.3. The highest BCUT2D eigenvalue weighted by Gasteiger charge is 2.10. The minimum Gasteiger partial charge on any atom is -0.465 e. The molecular weight excluding hydrogens is 282 g/mol. The lowest BCUT2D eigenvalue weighted by molar-refractivity contribution is -0.155. The molecule has 122 valence electrons. The maximum absolute atomic E-state index is 11.4. The van der Waals surface area contributed by atoms with Gasteiger partial charge in [-0.15, -0.1) is 0 Å². The molecule has 0 bridgehead atoms. The van der Waals surface area contributed by atoms with Crippen LogP contribution in [0, 0.1) is 0 Å². The number of esters is 3. The Morgan fingerprint density at radius 1 is 0.857 bits per heavy atom. The van der Waals surface area contributed by atoms with Crippen molar-refractivity contribution < 1.29 is 33.3 Å². The van der Waals surface area contributed by atoms with E-state index in [4.69, 9.17) is 14.2 Å². The van der Waals surface area contributed by atoms with E-state index in [-0.39, 0.29) is 44.3 Å². The van der Waals surface area contributed by atoms with Crippen molar-refractivity contribution in [2.45, 2.75) is 20.3 Å². The lowest BCUT2D eigenvalue weighted by atomic mass is 10.3. The Balaban J connectivity index is 4.06. The van der Waals surface area contributed by atoms with E-state index in [1.54, 1.807) is 0 Å². The fourth-order valence-corrected chi connectivity index (χ4v) is 1.42.